The molecule has 110 valence electrons. The number of aryl methyl sites for hydroxylation is 1. The van der Waals surface area contributed by atoms with Crippen molar-refractivity contribution in [3.05, 3.63) is 23.7 Å². The van der Waals surface area contributed by atoms with Crippen LogP contribution in [0.3, 0.4) is 0 Å². The second kappa shape index (κ2) is 7.98. The van der Waals surface area contributed by atoms with Gasteiger partial charge in [0, 0.05) is 13.0 Å². The van der Waals surface area contributed by atoms with Crippen molar-refractivity contribution >= 4 is 17.8 Å². The quantitative estimate of drug-likeness (QED) is 0.557. The molecule has 2 amide bonds. The normalized spacial score (nSPS) is 9.90. The molecular formula is C13H18N2O5. The van der Waals surface area contributed by atoms with Gasteiger partial charge in [0.2, 0.25) is 5.91 Å². The molecule has 0 saturated heterocycles. The standard InChI is InChI=1S/C13H18N2O5/c1-9-10(5-7-20-9)13(18)15-8-11(16)14-6-3-4-12(17)19-2/h5,7H,3-4,6,8H2,1-2H3,(H,14,16)(H,15,18). The molecule has 0 radical (unpaired) electrons. The number of ether oxygens (including phenoxy) is 1. The van der Waals surface area contributed by atoms with E-state index in [0.717, 1.165) is 0 Å². The maximum absolute atomic E-state index is 11.7. The number of nitrogens with one attached hydrogen (secondary N) is 2. The molecule has 0 aromatic carbocycles. The van der Waals surface area contributed by atoms with E-state index < -0.39 is 0 Å². The molecule has 0 aliphatic carbocycles. The first-order valence-corrected chi connectivity index (χ1v) is 6.20. The lowest BCUT2D eigenvalue weighted by Crippen LogP contribution is -2.37. The van der Waals surface area contributed by atoms with Gasteiger partial charge in [-0.15, -0.1) is 0 Å². The van der Waals surface area contributed by atoms with Crippen molar-refractivity contribution in [3.8, 4) is 0 Å². The second-order valence-electron chi connectivity index (χ2n) is 4.10. The largest absolute Gasteiger partial charge is 0.469 e. The average Bonchev–Trinajstić information content (AvgIpc) is 2.86. The topological polar surface area (TPSA) is 97.6 Å². The Labute approximate surface area is 116 Å². The van der Waals surface area contributed by atoms with Gasteiger partial charge < -0.3 is 19.8 Å². The Morgan fingerprint density at radius 1 is 1.30 bits per heavy atom. The van der Waals surface area contributed by atoms with Crippen LogP contribution in [-0.4, -0.2) is 38.0 Å². The fourth-order valence-electron chi connectivity index (χ4n) is 1.50. The van der Waals surface area contributed by atoms with Crippen molar-refractivity contribution in [3.63, 3.8) is 0 Å². The number of amides is 2. The summed E-state index contributed by atoms with van der Waals surface area (Å²) in [5.41, 5.74) is 0.406. The van der Waals surface area contributed by atoms with Gasteiger partial charge in [-0.1, -0.05) is 0 Å². The van der Waals surface area contributed by atoms with Crippen LogP contribution < -0.4 is 10.6 Å². The van der Waals surface area contributed by atoms with Gasteiger partial charge in [0.25, 0.3) is 5.91 Å². The lowest BCUT2D eigenvalue weighted by atomic mass is 10.2. The number of hydrogen-bond acceptors (Lipinski definition) is 5. The zero-order valence-electron chi connectivity index (χ0n) is 11.5. The van der Waals surface area contributed by atoms with Crippen LogP contribution in [0.2, 0.25) is 0 Å². The molecule has 0 atom stereocenters. The van der Waals surface area contributed by atoms with Crippen LogP contribution in [0.5, 0.6) is 0 Å². The summed E-state index contributed by atoms with van der Waals surface area (Å²) < 4.78 is 9.47. The molecule has 2 N–H and O–H groups in total. The fourth-order valence-corrected chi connectivity index (χ4v) is 1.50. The Balaban J connectivity index is 2.19. The second-order valence-corrected chi connectivity index (χ2v) is 4.10. The highest BCUT2D eigenvalue weighted by Gasteiger charge is 2.12. The summed E-state index contributed by atoms with van der Waals surface area (Å²) in [6.45, 7) is 1.90. The van der Waals surface area contributed by atoms with Gasteiger partial charge in [0.1, 0.15) is 5.76 Å². The number of rotatable bonds is 7. The average molecular weight is 282 g/mol. The van der Waals surface area contributed by atoms with E-state index in [1.807, 2.05) is 0 Å². The lowest BCUT2D eigenvalue weighted by Gasteiger charge is -2.06. The van der Waals surface area contributed by atoms with Crippen LogP contribution in [0.4, 0.5) is 0 Å². The number of methoxy groups -OCH3 is 1. The van der Waals surface area contributed by atoms with E-state index in [4.69, 9.17) is 4.42 Å². The van der Waals surface area contributed by atoms with E-state index in [0.29, 0.717) is 24.3 Å². The monoisotopic (exact) mass is 282 g/mol. The van der Waals surface area contributed by atoms with Gasteiger partial charge in [-0.2, -0.15) is 0 Å². The zero-order valence-corrected chi connectivity index (χ0v) is 11.5. The Morgan fingerprint density at radius 2 is 2.05 bits per heavy atom. The van der Waals surface area contributed by atoms with Crippen molar-refractivity contribution in [1.29, 1.82) is 0 Å². The summed E-state index contributed by atoms with van der Waals surface area (Å²) in [5.74, 6) is -0.491. The van der Waals surface area contributed by atoms with E-state index >= 15 is 0 Å². The molecule has 0 bridgehead atoms. The number of esters is 1. The van der Waals surface area contributed by atoms with Crippen LogP contribution >= 0.6 is 0 Å². The van der Waals surface area contributed by atoms with Crippen molar-refractivity contribution in [2.24, 2.45) is 0 Å². The van der Waals surface area contributed by atoms with Crippen LogP contribution in [-0.2, 0) is 14.3 Å². The van der Waals surface area contributed by atoms with Crippen LogP contribution in [0.15, 0.2) is 16.7 Å². The molecule has 0 fully saturated rings. The zero-order chi connectivity index (χ0) is 15.0. The first-order valence-electron chi connectivity index (χ1n) is 6.20. The highest BCUT2D eigenvalue weighted by molar-refractivity contribution is 5.97. The summed E-state index contributed by atoms with van der Waals surface area (Å²) in [6.07, 6.45) is 2.15. The number of hydrogen-bond donors (Lipinski definition) is 2. The van der Waals surface area contributed by atoms with Gasteiger partial charge in [0.15, 0.2) is 0 Å². The van der Waals surface area contributed by atoms with Gasteiger partial charge in [-0.3, -0.25) is 14.4 Å². The Bertz CT molecular complexity index is 481. The molecular weight excluding hydrogens is 264 g/mol. The van der Waals surface area contributed by atoms with Gasteiger partial charge in [-0.05, 0) is 19.4 Å². The molecule has 0 spiro atoms. The first-order chi connectivity index (χ1) is 9.54. The summed E-state index contributed by atoms with van der Waals surface area (Å²) in [6, 6.07) is 1.54. The predicted molar refractivity (Wildman–Crippen MR) is 70.0 cm³/mol. The van der Waals surface area contributed by atoms with Crippen molar-refractivity contribution < 1.29 is 23.5 Å². The van der Waals surface area contributed by atoms with E-state index in [1.54, 1.807) is 13.0 Å². The van der Waals surface area contributed by atoms with E-state index in [2.05, 4.69) is 15.4 Å². The van der Waals surface area contributed by atoms with Crippen molar-refractivity contribution in [2.45, 2.75) is 19.8 Å². The molecule has 7 heteroatoms. The van der Waals surface area contributed by atoms with Crippen LogP contribution in [0, 0.1) is 6.92 Å². The number of furan rings is 1. The highest BCUT2D eigenvalue weighted by atomic mass is 16.5. The molecule has 1 aromatic rings. The van der Waals surface area contributed by atoms with E-state index in [1.165, 1.54) is 13.4 Å². The third-order valence-corrected chi connectivity index (χ3v) is 2.62. The minimum Gasteiger partial charge on any atom is -0.469 e. The molecule has 0 saturated carbocycles. The molecule has 1 heterocycles. The SMILES string of the molecule is COC(=O)CCCNC(=O)CNC(=O)c1ccoc1C. The summed E-state index contributed by atoms with van der Waals surface area (Å²) in [7, 11) is 1.31. The Hall–Kier alpha value is -2.31. The lowest BCUT2D eigenvalue weighted by molar-refractivity contribution is -0.140. The highest BCUT2D eigenvalue weighted by Crippen LogP contribution is 2.07. The summed E-state index contributed by atoms with van der Waals surface area (Å²) in [5, 5.41) is 5.08. The smallest absolute Gasteiger partial charge is 0.305 e. The molecule has 20 heavy (non-hydrogen) atoms. The number of carbonyl (C=O) groups is 3. The fraction of sp³-hybridized carbons (Fsp3) is 0.462. The molecule has 1 rings (SSSR count). The molecule has 0 aliphatic rings. The molecule has 1 aromatic heterocycles. The third-order valence-electron chi connectivity index (χ3n) is 2.62. The van der Waals surface area contributed by atoms with Gasteiger partial charge in [-0.25, -0.2) is 0 Å². The van der Waals surface area contributed by atoms with Gasteiger partial charge >= 0.3 is 5.97 Å². The van der Waals surface area contributed by atoms with Crippen LogP contribution in [0.1, 0.15) is 29.0 Å². The van der Waals surface area contributed by atoms with Gasteiger partial charge in [0.05, 0.1) is 25.5 Å². The summed E-state index contributed by atoms with van der Waals surface area (Å²) in [4.78, 5) is 34.0. The first kappa shape index (κ1) is 15.7. The van der Waals surface area contributed by atoms with Crippen LogP contribution in [0.25, 0.3) is 0 Å². The van der Waals surface area contributed by atoms with E-state index in [-0.39, 0.29) is 30.7 Å². The van der Waals surface area contributed by atoms with Crippen molar-refractivity contribution in [2.75, 3.05) is 20.2 Å². The third kappa shape index (κ3) is 5.13. The summed E-state index contributed by atoms with van der Waals surface area (Å²) >= 11 is 0. The minimum absolute atomic E-state index is 0.123. The minimum atomic E-state index is -0.360. The maximum Gasteiger partial charge on any atom is 0.305 e. The Kier molecular flexibility index (Phi) is 6.28. The van der Waals surface area contributed by atoms with Crippen molar-refractivity contribution in [1.82, 2.24) is 10.6 Å². The van der Waals surface area contributed by atoms with E-state index in [9.17, 15) is 14.4 Å². The molecule has 0 unspecified atom stereocenters. The Morgan fingerprint density at radius 3 is 2.65 bits per heavy atom. The number of carbonyl (C=O) groups excluding carboxylic acids is 3. The molecule has 0 aliphatic heterocycles. The maximum atomic E-state index is 11.7. The predicted octanol–water partition coefficient (Wildman–Crippen LogP) is 0.387. The molecule has 7 nitrogen and oxygen atoms in total.